The molecule has 1 saturated carbocycles. The third-order valence-electron chi connectivity index (χ3n) is 5.77. The number of Topliss-reactive ketones (excluding diaryl/α,β-unsaturated/α-hetero) is 2. The van der Waals surface area contributed by atoms with Crippen LogP contribution in [-0.2, 0) is 9.59 Å². The molecule has 0 aromatic heterocycles. The van der Waals surface area contributed by atoms with Crippen LogP contribution in [-0.4, -0.2) is 11.6 Å². The van der Waals surface area contributed by atoms with Crippen molar-refractivity contribution in [1.82, 2.24) is 0 Å². The van der Waals surface area contributed by atoms with Crippen LogP contribution in [0.2, 0.25) is 0 Å². The van der Waals surface area contributed by atoms with Gasteiger partial charge in [-0.1, -0.05) is 25.5 Å². The Kier molecular flexibility index (Phi) is 3.74. The Bertz CT molecular complexity index is 641. The number of carbonyl (C=O) groups is 2. The highest BCUT2D eigenvalue weighted by Crippen LogP contribution is 2.53. The summed E-state index contributed by atoms with van der Waals surface area (Å²) < 4.78 is 0. The van der Waals surface area contributed by atoms with E-state index in [1.807, 2.05) is 6.92 Å². The van der Waals surface area contributed by atoms with E-state index >= 15 is 0 Å². The largest absolute Gasteiger partial charge is 0.285 e. The van der Waals surface area contributed by atoms with Gasteiger partial charge in [0.2, 0.25) is 11.6 Å². The molecule has 0 aliphatic heterocycles. The van der Waals surface area contributed by atoms with Crippen molar-refractivity contribution >= 4 is 11.6 Å². The molecule has 0 spiro atoms. The van der Waals surface area contributed by atoms with Crippen LogP contribution in [0.5, 0.6) is 0 Å². The van der Waals surface area contributed by atoms with Crippen molar-refractivity contribution in [3.8, 4) is 0 Å². The van der Waals surface area contributed by atoms with Crippen molar-refractivity contribution < 1.29 is 9.59 Å². The SMILES string of the molecule is CC(C)=C[C@@H]1C[C@H](C)[C@H]2CC[C@H](C)C3=C2C1=C(C)C(=O)C3=O. The molecular weight excluding hydrogens is 272 g/mol. The highest BCUT2D eigenvalue weighted by atomic mass is 16.2. The Morgan fingerprint density at radius 2 is 1.68 bits per heavy atom. The van der Waals surface area contributed by atoms with Gasteiger partial charge in [0.25, 0.3) is 0 Å². The highest BCUT2D eigenvalue weighted by molar-refractivity contribution is 6.50. The van der Waals surface area contributed by atoms with Crippen LogP contribution in [0.3, 0.4) is 0 Å². The predicted octanol–water partition coefficient (Wildman–Crippen LogP) is 4.42. The molecule has 4 atom stereocenters. The van der Waals surface area contributed by atoms with E-state index in [1.165, 1.54) is 16.7 Å². The standard InChI is InChI=1S/C20H26O2/c1-10(2)8-14-9-12(4)15-7-6-11(3)16-18(15)17(14)13(5)19(21)20(16)22/h8,11-12,14-15H,6-7,9H2,1-5H3/t11-,12-,14+,15+/m0/s1. The maximum atomic E-state index is 12.6. The second-order valence-electron chi connectivity index (χ2n) is 7.67. The summed E-state index contributed by atoms with van der Waals surface area (Å²) in [6.45, 7) is 10.5. The molecule has 2 nitrogen and oxygen atoms in total. The molecule has 3 rings (SSSR count). The number of hydrogen-bond acceptors (Lipinski definition) is 2. The number of carbonyl (C=O) groups excluding carboxylic acids is 2. The second-order valence-corrected chi connectivity index (χ2v) is 7.67. The summed E-state index contributed by atoms with van der Waals surface area (Å²) in [5, 5.41) is 0. The monoisotopic (exact) mass is 298 g/mol. The van der Waals surface area contributed by atoms with Gasteiger partial charge >= 0.3 is 0 Å². The van der Waals surface area contributed by atoms with Gasteiger partial charge in [-0.15, -0.1) is 0 Å². The first-order chi connectivity index (χ1) is 10.3. The van der Waals surface area contributed by atoms with E-state index < -0.39 is 0 Å². The van der Waals surface area contributed by atoms with E-state index in [2.05, 4.69) is 33.8 Å². The summed E-state index contributed by atoms with van der Waals surface area (Å²) in [4.78, 5) is 25.1. The number of hydrogen-bond donors (Lipinski definition) is 0. The van der Waals surface area contributed by atoms with Crippen LogP contribution in [0, 0.1) is 23.7 Å². The minimum absolute atomic E-state index is 0.224. The molecule has 0 aromatic rings. The van der Waals surface area contributed by atoms with E-state index in [-0.39, 0.29) is 17.5 Å². The molecule has 1 fully saturated rings. The lowest BCUT2D eigenvalue weighted by Gasteiger charge is -2.45. The van der Waals surface area contributed by atoms with E-state index in [0.717, 1.165) is 24.8 Å². The van der Waals surface area contributed by atoms with Gasteiger partial charge in [0, 0.05) is 17.1 Å². The van der Waals surface area contributed by atoms with Crippen molar-refractivity contribution in [2.24, 2.45) is 23.7 Å². The molecule has 0 radical (unpaired) electrons. The molecule has 22 heavy (non-hydrogen) atoms. The average molecular weight is 298 g/mol. The Morgan fingerprint density at radius 1 is 1.00 bits per heavy atom. The molecule has 3 aliphatic carbocycles. The van der Waals surface area contributed by atoms with Crippen molar-refractivity contribution in [1.29, 1.82) is 0 Å². The highest BCUT2D eigenvalue weighted by Gasteiger charge is 2.46. The van der Waals surface area contributed by atoms with Gasteiger partial charge in [0.15, 0.2) is 0 Å². The van der Waals surface area contributed by atoms with Gasteiger partial charge in [-0.3, -0.25) is 9.59 Å². The molecule has 3 aliphatic rings. The molecular formula is C20H26O2. The second kappa shape index (κ2) is 5.33. The molecule has 0 aromatic carbocycles. The number of rotatable bonds is 1. The summed E-state index contributed by atoms with van der Waals surface area (Å²) >= 11 is 0. The smallest absolute Gasteiger partial charge is 0.229 e. The average Bonchev–Trinajstić information content (AvgIpc) is 2.43. The summed E-state index contributed by atoms with van der Waals surface area (Å²) in [5.41, 5.74) is 5.28. The molecule has 0 bridgehead atoms. The number of allylic oxidation sites excluding steroid dienone is 6. The van der Waals surface area contributed by atoms with Gasteiger partial charge in [-0.2, -0.15) is 0 Å². The Labute approximate surface area is 133 Å². The minimum atomic E-state index is -0.261. The Morgan fingerprint density at radius 3 is 2.32 bits per heavy atom. The first-order valence-corrected chi connectivity index (χ1v) is 8.52. The maximum absolute atomic E-state index is 12.6. The van der Waals surface area contributed by atoms with Crippen LogP contribution in [0.15, 0.2) is 33.9 Å². The summed E-state index contributed by atoms with van der Waals surface area (Å²) in [5.74, 6) is 1.08. The molecule has 0 N–H and O–H groups in total. The molecule has 2 heteroatoms. The van der Waals surface area contributed by atoms with Crippen LogP contribution < -0.4 is 0 Å². The lowest BCUT2D eigenvalue weighted by Crippen LogP contribution is -2.40. The van der Waals surface area contributed by atoms with E-state index in [9.17, 15) is 9.59 Å². The normalized spacial score (nSPS) is 34.8. The van der Waals surface area contributed by atoms with Crippen molar-refractivity contribution in [3.63, 3.8) is 0 Å². The number of ketones is 2. The third-order valence-corrected chi connectivity index (χ3v) is 5.77. The molecule has 0 amide bonds. The summed E-state index contributed by atoms with van der Waals surface area (Å²) in [7, 11) is 0. The van der Waals surface area contributed by atoms with E-state index in [0.29, 0.717) is 23.3 Å². The Balaban J connectivity index is 2.25. The van der Waals surface area contributed by atoms with Crippen molar-refractivity contribution in [3.05, 3.63) is 33.9 Å². The molecule has 0 saturated heterocycles. The maximum Gasteiger partial charge on any atom is 0.229 e. The van der Waals surface area contributed by atoms with Gasteiger partial charge in [0.05, 0.1) is 0 Å². The van der Waals surface area contributed by atoms with Crippen LogP contribution in [0.25, 0.3) is 0 Å². The van der Waals surface area contributed by atoms with E-state index in [4.69, 9.17) is 0 Å². The molecule has 118 valence electrons. The fraction of sp³-hybridized carbons (Fsp3) is 0.600. The third kappa shape index (κ3) is 2.15. The van der Waals surface area contributed by atoms with Crippen molar-refractivity contribution in [2.75, 3.05) is 0 Å². The zero-order chi connectivity index (χ0) is 16.2. The lowest BCUT2D eigenvalue weighted by atomic mass is 9.58. The Hall–Kier alpha value is -1.44. The topological polar surface area (TPSA) is 34.1 Å². The van der Waals surface area contributed by atoms with Crippen LogP contribution >= 0.6 is 0 Å². The minimum Gasteiger partial charge on any atom is -0.285 e. The summed E-state index contributed by atoms with van der Waals surface area (Å²) in [6, 6.07) is 0. The first kappa shape index (κ1) is 15.5. The molecule has 0 unspecified atom stereocenters. The quantitative estimate of drug-likeness (QED) is 0.408. The predicted molar refractivity (Wildman–Crippen MR) is 88.3 cm³/mol. The molecule has 0 heterocycles. The zero-order valence-corrected chi connectivity index (χ0v) is 14.3. The van der Waals surface area contributed by atoms with Gasteiger partial charge in [-0.05, 0) is 68.9 Å². The van der Waals surface area contributed by atoms with Gasteiger partial charge in [-0.25, -0.2) is 0 Å². The van der Waals surface area contributed by atoms with Gasteiger partial charge in [0.1, 0.15) is 0 Å². The van der Waals surface area contributed by atoms with Crippen LogP contribution in [0.1, 0.15) is 53.9 Å². The van der Waals surface area contributed by atoms with Crippen molar-refractivity contribution in [2.45, 2.75) is 53.9 Å². The van der Waals surface area contributed by atoms with Gasteiger partial charge < -0.3 is 0 Å². The lowest BCUT2D eigenvalue weighted by molar-refractivity contribution is -0.132. The summed E-state index contributed by atoms with van der Waals surface area (Å²) in [6.07, 6.45) is 5.57. The fourth-order valence-electron chi connectivity index (χ4n) is 4.77. The van der Waals surface area contributed by atoms with E-state index in [1.54, 1.807) is 0 Å². The van der Waals surface area contributed by atoms with Crippen LogP contribution in [0.4, 0.5) is 0 Å². The fourth-order valence-corrected chi connectivity index (χ4v) is 4.77. The first-order valence-electron chi connectivity index (χ1n) is 8.52. The zero-order valence-electron chi connectivity index (χ0n) is 14.3.